The molecule has 0 atom stereocenters. The smallest absolute Gasteiger partial charge is 0.124 e. The molecule has 0 fully saturated rings. The summed E-state index contributed by atoms with van der Waals surface area (Å²) in [6.45, 7) is 0.133. The molecule has 0 aromatic heterocycles. The van der Waals surface area contributed by atoms with E-state index in [9.17, 15) is 0 Å². The van der Waals surface area contributed by atoms with E-state index in [1.807, 2.05) is 24.3 Å². The van der Waals surface area contributed by atoms with Crippen molar-refractivity contribution in [1.82, 2.24) is 0 Å². The lowest BCUT2D eigenvalue weighted by Gasteiger charge is -2.02. The van der Waals surface area contributed by atoms with Gasteiger partial charge in [0.15, 0.2) is 0 Å². The van der Waals surface area contributed by atoms with Crippen molar-refractivity contribution in [2.75, 3.05) is 6.61 Å². The summed E-state index contributed by atoms with van der Waals surface area (Å²) < 4.78 is 5.27. The molecule has 14 heavy (non-hydrogen) atoms. The highest BCUT2D eigenvalue weighted by Crippen LogP contribution is 2.09. The summed E-state index contributed by atoms with van der Waals surface area (Å²) in [6.07, 6.45) is 1.18. The molecule has 0 aliphatic heterocycles. The molecule has 0 radical (unpaired) electrons. The Kier molecular flexibility index (Phi) is 3.79. The van der Waals surface area contributed by atoms with Crippen molar-refractivity contribution in [3.05, 3.63) is 42.0 Å². The van der Waals surface area contributed by atoms with Crippen molar-refractivity contribution >= 4 is 0 Å². The molecule has 0 aliphatic carbocycles. The first kappa shape index (κ1) is 9.83. The maximum absolute atomic E-state index is 8.59. The van der Waals surface area contributed by atoms with Crippen LogP contribution in [0.15, 0.2) is 42.0 Å². The SMILES string of the molecule is N#CC=C(C#N)COc1ccccc1. The van der Waals surface area contributed by atoms with Crippen LogP contribution < -0.4 is 4.74 Å². The van der Waals surface area contributed by atoms with E-state index in [4.69, 9.17) is 15.3 Å². The van der Waals surface area contributed by atoms with E-state index >= 15 is 0 Å². The molecule has 0 N–H and O–H groups in total. The highest BCUT2D eigenvalue weighted by Gasteiger charge is 1.96. The Morgan fingerprint density at radius 3 is 2.57 bits per heavy atom. The number of rotatable bonds is 3. The van der Waals surface area contributed by atoms with Gasteiger partial charge in [0, 0.05) is 6.08 Å². The molecule has 0 saturated heterocycles. The first-order chi connectivity index (χ1) is 6.86. The van der Waals surface area contributed by atoms with Crippen LogP contribution in [0.5, 0.6) is 5.75 Å². The maximum atomic E-state index is 8.59. The Bertz CT molecular complexity index is 396. The molecular formula is C11H8N2O. The summed E-state index contributed by atoms with van der Waals surface area (Å²) in [5, 5.41) is 16.9. The van der Waals surface area contributed by atoms with Crippen LogP contribution in [-0.4, -0.2) is 6.61 Å². The fraction of sp³-hybridized carbons (Fsp3) is 0.0909. The van der Waals surface area contributed by atoms with Gasteiger partial charge in [-0.3, -0.25) is 0 Å². The zero-order valence-corrected chi connectivity index (χ0v) is 7.47. The second kappa shape index (κ2) is 5.40. The number of para-hydroxylation sites is 1. The third-order valence-electron chi connectivity index (χ3n) is 1.52. The fourth-order valence-corrected chi connectivity index (χ4v) is 0.862. The van der Waals surface area contributed by atoms with Gasteiger partial charge < -0.3 is 4.74 Å². The average molecular weight is 184 g/mol. The minimum absolute atomic E-state index is 0.133. The molecule has 0 amide bonds. The lowest BCUT2D eigenvalue weighted by molar-refractivity contribution is 0.356. The van der Waals surface area contributed by atoms with Gasteiger partial charge in [-0.1, -0.05) is 18.2 Å². The molecule has 0 spiro atoms. The highest BCUT2D eigenvalue weighted by molar-refractivity contribution is 5.29. The van der Waals surface area contributed by atoms with Crippen LogP contribution in [-0.2, 0) is 0 Å². The van der Waals surface area contributed by atoms with Crippen molar-refractivity contribution < 1.29 is 4.74 Å². The second-order valence-electron chi connectivity index (χ2n) is 2.51. The number of nitriles is 2. The molecule has 0 unspecified atom stereocenters. The van der Waals surface area contributed by atoms with Crippen molar-refractivity contribution in [2.45, 2.75) is 0 Å². The van der Waals surface area contributed by atoms with E-state index < -0.39 is 0 Å². The molecule has 1 aromatic rings. The fourth-order valence-electron chi connectivity index (χ4n) is 0.862. The molecule has 1 aromatic carbocycles. The Morgan fingerprint density at radius 1 is 1.29 bits per heavy atom. The van der Waals surface area contributed by atoms with E-state index in [2.05, 4.69) is 0 Å². The number of benzene rings is 1. The lowest BCUT2D eigenvalue weighted by atomic mass is 10.3. The van der Waals surface area contributed by atoms with E-state index in [1.165, 1.54) is 6.08 Å². The minimum Gasteiger partial charge on any atom is -0.488 e. The number of hydrogen-bond acceptors (Lipinski definition) is 3. The largest absolute Gasteiger partial charge is 0.488 e. The monoisotopic (exact) mass is 184 g/mol. The van der Waals surface area contributed by atoms with Crippen molar-refractivity contribution in [3.63, 3.8) is 0 Å². The second-order valence-corrected chi connectivity index (χ2v) is 2.51. The Morgan fingerprint density at radius 2 is 2.00 bits per heavy atom. The summed E-state index contributed by atoms with van der Waals surface area (Å²) in [5.74, 6) is 0.687. The molecule has 3 heteroatoms. The lowest BCUT2D eigenvalue weighted by Crippen LogP contribution is -1.99. The Hall–Kier alpha value is -2.26. The van der Waals surface area contributed by atoms with E-state index in [-0.39, 0.29) is 6.61 Å². The van der Waals surface area contributed by atoms with Gasteiger partial charge in [0.2, 0.25) is 0 Å². The van der Waals surface area contributed by atoms with Gasteiger partial charge in [0.25, 0.3) is 0 Å². The maximum Gasteiger partial charge on any atom is 0.124 e. The third-order valence-corrected chi connectivity index (χ3v) is 1.52. The molecule has 0 bridgehead atoms. The molecule has 68 valence electrons. The predicted octanol–water partition coefficient (Wildman–Crippen LogP) is 2.04. The van der Waals surface area contributed by atoms with Gasteiger partial charge in [-0.2, -0.15) is 10.5 Å². The summed E-state index contributed by atoms with van der Waals surface area (Å²) >= 11 is 0. The van der Waals surface area contributed by atoms with Gasteiger partial charge in [0.1, 0.15) is 12.4 Å². The molecule has 3 nitrogen and oxygen atoms in total. The number of allylic oxidation sites excluding steroid dienone is 1. The van der Waals surface area contributed by atoms with Crippen LogP contribution in [0, 0.1) is 22.7 Å². The standard InChI is InChI=1S/C11H8N2O/c12-7-6-10(8-13)9-14-11-4-2-1-3-5-11/h1-6H,9H2. The van der Waals surface area contributed by atoms with Gasteiger partial charge in [-0.25, -0.2) is 0 Å². The van der Waals surface area contributed by atoms with Crippen LogP contribution in [0.2, 0.25) is 0 Å². The van der Waals surface area contributed by atoms with Crippen LogP contribution in [0.4, 0.5) is 0 Å². The van der Waals surface area contributed by atoms with Gasteiger partial charge in [-0.15, -0.1) is 0 Å². The first-order valence-electron chi connectivity index (χ1n) is 4.03. The molecule has 0 aliphatic rings. The molecule has 0 heterocycles. The van der Waals surface area contributed by atoms with Crippen LogP contribution in [0.3, 0.4) is 0 Å². The zero-order valence-electron chi connectivity index (χ0n) is 7.47. The number of nitrogens with zero attached hydrogens (tertiary/aromatic N) is 2. The van der Waals surface area contributed by atoms with E-state index in [0.717, 1.165) is 0 Å². The van der Waals surface area contributed by atoms with Gasteiger partial charge >= 0.3 is 0 Å². The Labute approximate surface area is 82.5 Å². The van der Waals surface area contributed by atoms with Gasteiger partial charge in [-0.05, 0) is 12.1 Å². The third kappa shape index (κ3) is 3.00. The average Bonchev–Trinajstić information content (AvgIpc) is 2.25. The van der Waals surface area contributed by atoms with E-state index in [1.54, 1.807) is 18.2 Å². The summed E-state index contributed by atoms with van der Waals surface area (Å²) in [4.78, 5) is 0. The molecule has 0 saturated carbocycles. The van der Waals surface area contributed by atoms with Gasteiger partial charge in [0.05, 0.1) is 17.7 Å². The van der Waals surface area contributed by atoms with Crippen LogP contribution >= 0.6 is 0 Å². The Balaban J connectivity index is 2.54. The minimum atomic E-state index is 0.133. The number of ether oxygens (including phenoxy) is 1. The zero-order chi connectivity index (χ0) is 10.2. The topological polar surface area (TPSA) is 56.8 Å². The first-order valence-corrected chi connectivity index (χ1v) is 4.03. The summed E-state index contributed by atoms with van der Waals surface area (Å²) in [5.41, 5.74) is 0.316. The van der Waals surface area contributed by atoms with Crippen LogP contribution in [0.25, 0.3) is 0 Å². The molecular weight excluding hydrogens is 176 g/mol. The predicted molar refractivity (Wildman–Crippen MR) is 51.2 cm³/mol. The van der Waals surface area contributed by atoms with Crippen LogP contribution in [0.1, 0.15) is 0 Å². The van der Waals surface area contributed by atoms with Crippen molar-refractivity contribution in [2.24, 2.45) is 0 Å². The highest BCUT2D eigenvalue weighted by atomic mass is 16.5. The number of hydrogen-bond donors (Lipinski definition) is 0. The molecule has 1 rings (SSSR count). The normalized spacial score (nSPS) is 10.0. The van der Waals surface area contributed by atoms with Crippen molar-refractivity contribution in [1.29, 1.82) is 10.5 Å². The quantitative estimate of drug-likeness (QED) is 0.675. The summed E-state index contributed by atoms with van der Waals surface area (Å²) in [7, 11) is 0. The van der Waals surface area contributed by atoms with Crippen molar-refractivity contribution in [3.8, 4) is 17.9 Å². The van der Waals surface area contributed by atoms with E-state index in [0.29, 0.717) is 11.3 Å². The summed E-state index contributed by atoms with van der Waals surface area (Å²) in [6, 6.07) is 12.8.